The summed E-state index contributed by atoms with van der Waals surface area (Å²) in [7, 11) is 0. The number of amidine groups is 1. The molecule has 16 heavy (non-hydrogen) atoms. The largest absolute Gasteiger partial charge is 0.286 e. The first-order valence-electron chi connectivity index (χ1n) is 5.77. The third-order valence-corrected chi connectivity index (χ3v) is 4.51. The van der Waals surface area contributed by atoms with Gasteiger partial charge >= 0.3 is 0 Å². The summed E-state index contributed by atoms with van der Waals surface area (Å²) >= 11 is 1.48. The van der Waals surface area contributed by atoms with Crippen LogP contribution in [-0.2, 0) is 4.79 Å². The van der Waals surface area contributed by atoms with Gasteiger partial charge in [0.1, 0.15) is 5.66 Å². The molecule has 1 spiro atoms. The smallest absolute Gasteiger partial charge is 0.253 e. The molecule has 0 atom stereocenters. The molecule has 2 fully saturated rings. The molecule has 0 bridgehead atoms. The maximum Gasteiger partial charge on any atom is 0.253 e. The Kier molecular flexibility index (Phi) is 2.36. The molecule has 5 nitrogen and oxygen atoms in total. The van der Waals surface area contributed by atoms with Crippen LogP contribution in [0.1, 0.15) is 32.6 Å². The fourth-order valence-corrected chi connectivity index (χ4v) is 3.20. The van der Waals surface area contributed by atoms with Crippen molar-refractivity contribution >= 4 is 22.8 Å². The molecule has 2 N–H and O–H groups in total. The number of hydrazone groups is 1. The Morgan fingerprint density at radius 3 is 3.00 bits per heavy atom. The number of carbonyl (C=O) groups excluding carboxylic acids is 1. The van der Waals surface area contributed by atoms with Gasteiger partial charge in [-0.2, -0.15) is 10.5 Å². The molecule has 0 aromatic rings. The Morgan fingerprint density at radius 1 is 1.50 bits per heavy atom. The Morgan fingerprint density at radius 2 is 2.25 bits per heavy atom. The van der Waals surface area contributed by atoms with Crippen LogP contribution in [0.4, 0.5) is 0 Å². The lowest BCUT2D eigenvalue weighted by Crippen LogP contribution is -2.66. The van der Waals surface area contributed by atoms with Crippen molar-refractivity contribution in [2.24, 2.45) is 11.0 Å². The van der Waals surface area contributed by atoms with Crippen LogP contribution >= 0.6 is 11.8 Å². The first-order valence-corrected chi connectivity index (χ1v) is 6.76. The average Bonchev–Trinajstić information content (AvgIpc) is 2.65. The molecule has 1 amide bonds. The van der Waals surface area contributed by atoms with Gasteiger partial charge in [-0.1, -0.05) is 18.7 Å². The highest BCUT2D eigenvalue weighted by Crippen LogP contribution is 2.33. The summed E-state index contributed by atoms with van der Waals surface area (Å²) in [6.45, 7) is 2.28. The van der Waals surface area contributed by atoms with Crippen LogP contribution in [0.5, 0.6) is 0 Å². The molecular weight excluding hydrogens is 224 g/mol. The van der Waals surface area contributed by atoms with E-state index >= 15 is 0 Å². The maximum atomic E-state index is 11.6. The molecule has 0 radical (unpaired) electrons. The summed E-state index contributed by atoms with van der Waals surface area (Å²) in [4.78, 5) is 11.6. The van der Waals surface area contributed by atoms with Crippen LogP contribution in [0.15, 0.2) is 5.10 Å². The van der Waals surface area contributed by atoms with Crippen molar-refractivity contribution in [2.75, 3.05) is 5.75 Å². The van der Waals surface area contributed by atoms with Gasteiger partial charge in [0.05, 0.1) is 5.75 Å². The van der Waals surface area contributed by atoms with E-state index in [9.17, 15) is 4.79 Å². The summed E-state index contributed by atoms with van der Waals surface area (Å²) in [5.41, 5.74) is 6.35. The second-order valence-corrected chi connectivity index (χ2v) is 5.84. The molecule has 0 aromatic heterocycles. The topological polar surface area (TPSA) is 56.7 Å². The average molecular weight is 240 g/mol. The van der Waals surface area contributed by atoms with E-state index in [0.29, 0.717) is 5.75 Å². The minimum atomic E-state index is -0.184. The van der Waals surface area contributed by atoms with Crippen molar-refractivity contribution in [1.82, 2.24) is 15.9 Å². The van der Waals surface area contributed by atoms with E-state index in [2.05, 4.69) is 22.9 Å². The third-order valence-electron chi connectivity index (χ3n) is 3.58. The van der Waals surface area contributed by atoms with Gasteiger partial charge in [-0.25, -0.2) is 5.01 Å². The fraction of sp³-hybridized carbons (Fsp3) is 0.800. The summed E-state index contributed by atoms with van der Waals surface area (Å²) in [5.74, 6) is 1.39. The van der Waals surface area contributed by atoms with Crippen molar-refractivity contribution in [1.29, 1.82) is 0 Å². The van der Waals surface area contributed by atoms with Crippen molar-refractivity contribution in [3.63, 3.8) is 0 Å². The highest BCUT2D eigenvalue weighted by molar-refractivity contribution is 8.15. The summed E-state index contributed by atoms with van der Waals surface area (Å²) in [6, 6.07) is 0. The van der Waals surface area contributed by atoms with E-state index in [1.54, 1.807) is 5.01 Å². The molecule has 88 valence electrons. The van der Waals surface area contributed by atoms with Gasteiger partial charge in [-0.3, -0.25) is 10.2 Å². The lowest BCUT2D eigenvalue weighted by atomic mass is 9.83. The first-order chi connectivity index (χ1) is 7.69. The SMILES string of the molecule is CC1CCC2(CC1)NN=C1SCC(=O)N1N2. The van der Waals surface area contributed by atoms with E-state index in [0.717, 1.165) is 23.9 Å². The van der Waals surface area contributed by atoms with Gasteiger partial charge in [0.15, 0.2) is 0 Å². The molecule has 1 saturated heterocycles. The standard InChI is InChI=1S/C10H16N4OS/c1-7-2-4-10(5-3-7)12-11-9-14(13-10)8(15)6-16-9/h7,12-13H,2-6H2,1H3. The molecule has 6 heteroatoms. The molecule has 1 saturated carbocycles. The van der Waals surface area contributed by atoms with E-state index in [4.69, 9.17) is 0 Å². The normalized spacial score (nSPS) is 38.3. The summed E-state index contributed by atoms with van der Waals surface area (Å²) in [5, 5.41) is 6.70. The summed E-state index contributed by atoms with van der Waals surface area (Å²) in [6.07, 6.45) is 4.42. The number of fused-ring (bicyclic) bond motifs is 1. The van der Waals surface area contributed by atoms with Gasteiger partial charge in [-0.05, 0) is 31.6 Å². The van der Waals surface area contributed by atoms with E-state index in [1.165, 1.54) is 24.6 Å². The van der Waals surface area contributed by atoms with Gasteiger partial charge in [0, 0.05) is 0 Å². The minimum Gasteiger partial charge on any atom is -0.286 e. The highest BCUT2D eigenvalue weighted by Gasteiger charge is 2.43. The lowest BCUT2D eigenvalue weighted by Gasteiger charge is -2.44. The zero-order valence-electron chi connectivity index (χ0n) is 9.32. The molecule has 3 aliphatic rings. The van der Waals surface area contributed by atoms with Crippen LogP contribution < -0.4 is 10.9 Å². The van der Waals surface area contributed by atoms with Crippen molar-refractivity contribution in [2.45, 2.75) is 38.3 Å². The molecule has 1 aliphatic carbocycles. The lowest BCUT2D eigenvalue weighted by molar-refractivity contribution is -0.129. The zero-order chi connectivity index (χ0) is 11.2. The van der Waals surface area contributed by atoms with Crippen LogP contribution in [-0.4, -0.2) is 27.5 Å². The molecule has 0 unspecified atom stereocenters. The van der Waals surface area contributed by atoms with Gasteiger partial charge in [0.25, 0.3) is 5.91 Å². The van der Waals surface area contributed by atoms with Crippen molar-refractivity contribution in [3.05, 3.63) is 0 Å². The Balaban J connectivity index is 1.78. The number of nitrogens with one attached hydrogen (secondary N) is 2. The highest BCUT2D eigenvalue weighted by atomic mass is 32.2. The number of thioether (sulfide) groups is 1. The zero-order valence-corrected chi connectivity index (χ0v) is 10.1. The molecule has 2 heterocycles. The van der Waals surface area contributed by atoms with Crippen LogP contribution in [0, 0.1) is 5.92 Å². The van der Waals surface area contributed by atoms with Gasteiger partial charge in [0.2, 0.25) is 5.17 Å². The maximum absolute atomic E-state index is 11.6. The van der Waals surface area contributed by atoms with Crippen molar-refractivity contribution in [3.8, 4) is 0 Å². The summed E-state index contributed by atoms with van der Waals surface area (Å²) < 4.78 is 0. The Labute approximate surface area is 99.0 Å². The predicted molar refractivity (Wildman–Crippen MR) is 63.4 cm³/mol. The molecular formula is C10H16N4OS. The number of hydrogen-bond donors (Lipinski definition) is 2. The molecule has 2 aliphatic heterocycles. The Bertz CT molecular complexity index is 349. The van der Waals surface area contributed by atoms with E-state index in [-0.39, 0.29) is 11.6 Å². The molecule has 0 aromatic carbocycles. The fourth-order valence-electron chi connectivity index (χ4n) is 2.43. The Hall–Kier alpha value is -0.750. The second kappa shape index (κ2) is 3.63. The monoisotopic (exact) mass is 240 g/mol. The van der Waals surface area contributed by atoms with E-state index < -0.39 is 0 Å². The first kappa shape index (κ1) is 10.4. The van der Waals surface area contributed by atoms with Crippen LogP contribution in [0.2, 0.25) is 0 Å². The second-order valence-electron chi connectivity index (χ2n) is 4.90. The number of amides is 1. The van der Waals surface area contributed by atoms with Crippen LogP contribution in [0.25, 0.3) is 0 Å². The number of rotatable bonds is 0. The minimum absolute atomic E-state index is 0.114. The van der Waals surface area contributed by atoms with Gasteiger partial charge < -0.3 is 0 Å². The van der Waals surface area contributed by atoms with Crippen molar-refractivity contribution < 1.29 is 4.79 Å². The van der Waals surface area contributed by atoms with E-state index in [1.807, 2.05) is 0 Å². The number of hydrogen-bond acceptors (Lipinski definition) is 5. The van der Waals surface area contributed by atoms with Gasteiger partial charge in [-0.15, -0.1) is 0 Å². The quantitative estimate of drug-likeness (QED) is 0.659. The number of carbonyl (C=O) groups is 1. The number of hydrazine groups is 1. The van der Waals surface area contributed by atoms with Crippen LogP contribution in [0.3, 0.4) is 0 Å². The third kappa shape index (κ3) is 1.60. The number of nitrogens with zero attached hydrogens (tertiary/aromatic N) is 2. The molecule has 3 rings (SSSR count). The predicted octanol–water partition coefficient (Wildman–Crippen LogP) is 0.847.